The molecule has 2 N–H and O–H groups in total. The van der Waals surface area contributed by atoms with Crippen molar-refractivity contribution in [3.05, 3.63) is 0 Å². The normalized spacial score (nSPS) is 13.2. The Balaban J connectivity index is 3.90. The Morgan fingerprint density at radius 1 is 1.31 bits per heavy atom. The van der Waals surface area contributed by atoms with Crippen molar-refractivity contribution >= 4 is 5.97 Å². The highest BCUT2D eigenvalue weighted by Crippen LogP contribution is 2.07. The second kappa shape index (κ2) is 8.53. The van der Waals surface area contributed by atoms with Crippen LogP contribution < -0.4 is 5.73 Å². The third kappa shape index (κ3) is 5.47. The van der Waals surface area contributed by atoms with Crippen molar-refractivity contribution in [2.24, 2.45) is 5.73 Å². The summed E-state index contributed by atoms with van der Waals surface area (Å²) in [6, 6.07) is 0.0890. The second-order valence-electron chi connectivity index (χ2n) is 4.10. The van der Waals surface area contributed by atoms with Gasteiger partial charge in [-0.1, -0.05) is 13.8 Å². The largest absolute Gasteiger partial charge is 0.465 e. The Bertz CT molecular complexity index is 193. The van der Waals surface area contributed by atoms with Gasteiger partial charge in [0.25, 0.3) is 0 Å². The maximum atomic E-state index is 11.3. The van der Waals surface area contributed by atoms with E-state index in [4.69, 9.17) is 10.5 Å². The fraction of sp³-hybridized carbons (Fsp3) is 0.917. The molecule has 0 spiro atoms. The van der Waals surface area contributed by atoms with E-state index in [-0.39, 0.29) is 5.97 Å². The van der Waals surface area contributed by atoms with Gasteiger partial charge in [0.1, 0.15) is 6.04 Å². The first-order valence-electron chi connectivity index (χ1n) is 6.19. The van der Waals surface area contributed by atoms with Crippen molar-refractivity contribution in [1.29, 1.82) is 0 Å². The number of esters is 1. The predicted molar refractivity (Wildman–Crippen MR) is 66.2 cm³/mol. The molecule has 0 aliphatic rings. The number of hydrogen-bond donors (Lipinski definition) is 1. The minimum Gasteiger partial charge on any atom is -0.465 e. The SMILES string of the molecule is CCOC(=O)C(N)CCN(C)C(CC)CC. The Morgan fingerprint density at radius 2 is 1.88 bits per heavy atom. The first kappa shape index (κ1) is 15.4. The average molecular weight is 230 g/mol. The summed E-state index contributed by atoms with van der Waals surface area (Å²) in [6.45, 7) is 7.38. The second-order valence-corrected chi connectivity index (χ2v) is 4.10. The molecule has 0 bridgehead atoms. The summed E-state index contributed by atoms with van der Waals surface area (Å²) in [7, 11) is 2.08. The average Bonchev–Trinajstić information content (AvgIpc) is 2.27. The number of nitrogens with two attached hydrogens (primary N) is 1. The maximum Gasteiger partial charge on any atom is 0.322 e. The van der Waals surface area contributed by atoms with Crippen LogP contribution in [0.5, 0.6) is 0 Å². The number of ether oxygens (including phenoxy) is 1. The monoisotopic (exact) mass is 230 g/mol. The van der Waals surface area contributed by atoms with Gasteiger partial charge in [0, 0.05) is 12.6 Å². The molecule has 16 heavy (non-hydrogen) atoms. The van der Waals surface area contributed by atoms with Gasteiger partial charge < -0.3 is 15.4 Å². The van der Waals surface area contributed by atoms with Crippen LogP contribution in [0.15, 0.2) is 0 Å². The zero-order chi connectivity index (χ0) is 12.6. The summed E-state index contributed by atoms with van der Waals surface area (Å²) >= 11 is 0. The molecule has 0 amide bonds. The van der Waals surface area contributed by atoms with E-state index in [2.05, 4.69) is 25.8 Å². The molecule has 0 fully saturated rings. The molecular formula is C12H26N2O2. The molecule has 0 rings (SSSR count). The van der Waals surface area contributed by atoms with Crippen molar-refractivity contribution in [3.8, 4) is 0 Å². The van der Waals surface area contributed by atoms with Crippen molar-refractivity contribution in [3.63, 3.8) is 0 Å². The Morgan fingerprint density at radius 3 is 2.31 bits per heavy atom. The highest BCUT2D eigenvalue weighted by Gasteiger charge is 2.17. The lowest BCUT2D eigenvalue weighted by molar-refractivity contribution is -0.144. The van der Waals surface area contributed by atoms with Gasteiger partial charge in [-0.3, -0.25) is 4.79 Å². The lowest BCUT2D eigenvalue weighted by Gasteiger charge is -2.26. The van der Waals surface area contributed by atoms with Gasteiger partial charge in [0.15, 0.2) is 0 Å². The summed E-state index contributed by atoms with van der Waals surface area (Å²) in [4.78, 5) is 13.6. The Kier molecular flexibility index (Phi) is 8.21. The summed E-state index contributed by atoms with van der Waals surface area (Å²) < 4.78 is 4.87. The minimum absolute atomic E-state index is 0.291. The molecule has 0 aromatic carbocycles. The molecule has 0 aliphatic heterocycles. The van der Waals surface area contributed by atoms with Gasteiger partial charge in [-0.15, -0.1) is 0 Å². The van der Waals surface area contributed by atoms with Crippen molar-refractivity contribution in [2.45, 2.75) is 52.1 Å². The lowest BCUT2D eigenvalue weighted by Crippen LogP contribution is -2.38. The molecule has 1 atom stereocenters. The van der Waals surface area contributed by atoms with Crippen LogP contribution in [0.25, 0.3) is 0 Å². The maximum absolute atomic E-state index is 11.3. The molecule has 0 saturated carbocycles. The smallest absolute Gasteiger partial charge is 0.322 e. The van der Waals surface area contributed by atoms with E-state index in [0.29, 0.717) is 19.1 Å². The highest BCUT2D eigenvalue weighted by molar-refractivity contribution is 5.75. The molecular weight excluding hydrogens is 204 g/mol. The highest BCUT2D eigenvalue weighted by atomic mass is 16.5. The van der Waals surface area contributed by atoms with Crippen LogP contribution in [0.1, 0.15) is 40.0 Å². The number of carbonyl (C=O) groups excluding carboxylic acids is 1. The van der Waals surface area contributed by atoms with Gasteiger partial charge in [0.2, 0.25) is 0 Å². The quantitative estimate of drug-likeness (QED) is 0.640. The van der Waals surface area contributed by atoms with Crippen LogP contribution in [0.4, 0.5) is 0 Å². The fourth-order valence-corrected chi connectivity index (χ4v) is 1.80. The molecule has 0 radical (unpaired) electrons. The third-order valence-electron chi connectivity index (χ3n) is 2.95. The van der Waals surface area contributed by atoms with Crippen molar-refractivity contribution in [1.82, 2.24) is 4.90 Å². The molecule has 0 saturated heterocycles. The van der Waals surface area contributed by atoms with Crippen LogP contribution in [-0.4, -0.2) is 43.2 Å². The molecule has 0 aromatic rings. The van der Waals surface area contributed by atoms with E-state index in [1.165, 1.54) is 0 Å². The van der Waals surface area contributed by atoms with E-state index in [1.54, 1.807) is 6.92 Å². The molecule has 96 valence electrons. The lowest BCUT2D eigenvalue weighted by atomic mass is 10.1. The molecule has 4 nitrogen and oxygen atoms in total. The van der Waals surface area contributed by atoms with Gasteiger partial charge in [-0.25, -0.2) is 0 Å². The van der Waals surface area contributed by atoms with Crippen LogP contribution >= 0.6 is 0 Å². The Labute approximate surface area is 99.1 Å². The van der Waals surface area contributed by atoms with Crippen LogP contribution in [-0.2, 0) is 9.53 Å². The summed E-state index contributed by atoms with van der Waals surface area (Å²) in [6.07, 6.45) is 2.91. The predicted octanol–water partition coefficient (Wildman–Crippen LogP) is 1.39. The minimum atomic E-state index is -0.489. The first-order valence-corrected chi connectivity index (χ1v) is 6.19. The van der Waals surface area contributed by atoms with Crippen molar-refractivity contribution in [2.75, 3.05) is 20.2 Å². The van der Waals surface area contributed by atoms with E-state index in [1.807, 2.05) is 0 Å². The van der Waals surface area contributed by atoms with E-state index in [9.17, 15) is 4.79 Å². The van der Waals surface area contributed by atoms with E-state index in [0.717, 1.165) is 19.4 Å². The third-order valence-corrected chi connectivity index (χ3v) is 2.95. The Hall–Kier alpha value is -0.610. The number of hydrogen-bond acceptors (Lipinski definition) is 4. The summed E-state index contributed by atoms with van der Waals surface area (Å²) in [5, 5.41) is 0. The molecule has 0 heterocycles. The number of nitrogens with zero attached hydrogens (tertiary/aromatic N) is 1. The van der Waals surface area contributed by atoms with Gasteiger partial charge in [-0.05, 0) is 33.2 Å². The fourth-order valence-electron chi connectivity index (χ4n) is 1.80. The van der Waals surface area contributed by atoms with Gasteiger partial charge >= 0.3 is 5.97 Å². The van der Waals surface area contributed by atoms with Crippen LogP contribution in [0.3, 0.4) is 0 Å². The van der Waals surface area contributed by atoms with Gasteiger partial charge in [-0.2, -0.15) is 0 Å². The standard InChI is InChI=1S/C12H26N2O2/c1-5-10(6-2)14(4)9-8-11(13)12(15)16-7-3/h10-11H,5-9,13H2,1-4H3. The van der Waals surface area contributed by atoms with Crippen LogP contribution in [0.2, 0.25) is 0 Å². The van der Waals surface area contributed by atoms with Crippen LogP contribution in [0, 0.1) is 0 Å². The zero-order valence-electron chi connectivity index (χ0n) is 11.0. The zero-order valence-corrected chi connectivity index (χ0v) is 11.0. The number of carbonyl (C=O) groups is 1. The number of rotatable bonds is 8. The van der Waals surface area contributed by atoms with Gasteiger partial charge in [0.05, 0.1) is 6.61 Å². The molecule has 0 aliphatic carbocycles. The summed E-state index contributed by atoms with van der Waals surface area (Å²) in [5.74, 6) is -0.291. The summed E-state index contributed by atoms with van der Waals surface area (Å²) in [5.41, 5.74) is 5.73. The molecule has 1 unspecified atom stereocenters. The first-order chi connectivity index (χ1) is 7.56. The molecule has 0 aromatic heterocycles. The van der Waals surface area contributed by atoms with Crippen molar-refractivity contribution < 1.29 is 9.53 Å². The topological polar surface area (TPSA) is 55.6 Å². The van der Waals surface area contributed by atoms with E-state index >= 15 is 0 Å². The molecule has 4 heteroatoms. The van der Waals surface area contributed by atoms with E-state index < -0.39 is 6.04 Å².